The summed E-state index contributed by atoms with van der Waals surface area (Å²) in [5, 5.41) is 49.4. The Bertz CT molecular complexity index is 824. The van der Waals surface area contributed by atoms with Crippen molar-refractivity contribution in [3.8, 4) is 11.5 Å². The minimum absolute atomic E-state index is 0.0901. The van der Waals surface area contributed by atoms with Crippen LogP contribution in [0.1, 0.15) is 15.9 Å². The Labute approximate surface area is 166 Å². The summed E-state index contributed by atoms with van der Waals surface area (Å²) in [7, 11) is 0. The summed E-state index contributed by atoms with van der Waals surface area (Å²) < 4.78 is 16.3. The zero-order valence-corrected chi connectivity index (χ0v) is 15.3. The monoisotopic (exact) mass is 406 g/mol. The van der Waals surface area contributed by atoms with Crippen LogP contribution in [0, 0.1) is 0 Å². The van der Waals surface area contributed by atoms with E-state index in [1.54, 1.807) is 18.2 Å². The first-order valence-electron chi connectivity index (χ1n) is 8.92. The number of hydrogen-bond donors (Lipinski definition) is 5. The van der Waals surface area contributed by atoms with E-state index in [0.29, 0.717) is 0 Å². The van der Waals surface area contributed by atoms with Gasteiger partial charge in [-0.15, -0.1) is 0 Å². The third kappa shape index (κ3) is 4.66. The third-order valence-electron chi connectivity index (χ3n) is 4.53. The van der Waals surface area contributed by atoms with Crippen molar-refractivity contribution in [2.45, 2.75) is 37.3 Å². The standard InChI is InChI=1S/C20H22O9/c21-9-12-8-13(23)6-7-14(12)27-20-17(25)16(24)18(15(10-22)28-20)29-19(26)11-4-2-1-3-5-11/h1-8,15-18,20-25H,9-10H2/t15-,16-,17-,18-,20-/m1/s1. The zero-order valence-electron chi connectivity index (χ0n) is 15.3. The van der Waals surface area contributed by atoms with Crippen LogP contribution >= 0.6 is 0 Å². The average molecular weight is 406 g/mol. The van der Waals surface area contributed by atoms with Gasteiger partial charge in [-0.05, 0) is 30.3 Å². The molecule has 1 aliphatic rings. The highest BCUT2D eigenvalue weighted by molar-refractivity contribution is 5.89. The molecule has 0 saturated carbocycles. The number of hydrogen-bond acceptors (Lipinski definition) is 9. The van der Waals surface area contributed by atoms with Gasteiger partial charge < -0.3 is 39.7 Å². The second-order valence-corrected chi connectivity index (χ2v) is 6.51. The van der Waals surface area contributed by atoms with Crippen LogP contribution in [0.3, 0.4) is 0 Å². The molecule has 9 nitrogen and oxygen atoms in total. The van der Waals surface area contributed by atoms with Crippen molar-refractivity contribution in [2.24, 2.45) is 0 Å². The number of aliphatic hydroxyl groups excluding tert-OH is 4. The van der Waals surface area contributed by atoms with E-state index >= 15 is 0 Å². The van der Waals surface area contributed by atoms with E-state index in [-0.39, 0.29) is 22.6 Å². The Kier molecular flexibility index (Phi) is 6.68. The molecule has 0 unspecified atom stereocenters. The van der Waals surface area contributed by atoms with E-state index in [9.17, 15) is 30.3 Å². The van der Waals surface area contributed by atoms with E-state index in [4.69, 9.17) is 14.2 Å². The fourth-order valence-electron chi connectivity index (χ4n) is 2.99. The molecule has 0 aromatic heterocycles. The highest BCUT2D eigenvalue weighted by Crippen LogP contribution is 2.30. The van der Waals surface area contributed by atoms with E-state index in [0.717, 1.165) is 0 Å². The van der Waals surface area contributed by atoms with Crippen molar-refractivity contribution in [2.75, 3.05) is 6.61 Å². The molecule has 156 valence electrons. The number of benzene rings is 2. The summed E-state index contributed by atoms with van der Waals surface area (Å²) in [6, 6.07) is 12.0. The van der Waals surface area contributed by atoms with Crippen molar-refractivity contribution < 1.29 is 44.5 Å². The largest absolute Gasteiger partial charge is 0.508 e. The van der Waals surface area contributed by atoms with E-state index < -0.39 is 49.9 Å². The Balaban J connectivity index is 1.75. The van der Waals surface area contributed by atoms with Gasteiger partial charge in [-0.3, -0.25) is 0 Å². The van der Waals surface area contributed by atoms with Gasteiger partial charge in [-0.2, -0.15) is 0 Å². The number of ether oxygens (including phenoxy) is 3. The highest BCUT2D eigenvalue weighted by atomic mass is 16.7. The minimum atomic E-state index is -1.62. The number of rotatable bonds is 6. The van der Waals surface area contributed by atoms with Crippen LogP contribution in [0.5, 0.6) is 11.5 Å². The first kappa shape index (κ1) is 21.0. The molecule has 5 atom stereocenters. The number of aromatic hydroxyl groups is 1. The normalized spacial score (nSPS) is 26.7. The average Bonchev–Trinajstić information content (AvgIpc) is 2.74. The lowest BCUT2D eigenvalue weighted by atomic mass is 9.98. The Hall–Kier alpha value is -2.69. The van der Waals surface area contributed by atoms with Crippen molar-refractivity contribution in [3.05, 3.63) is 59.7 Å². The number of carbonyl (C=O) groups excluding carboxylic acids is 1. The smallest absolute Gasteiger partial charge is 0.338 e. The maximum atomic E-state index is 12.3. The van der Waals surface area contributed by atoms with Crippen LogP contribution in [-0.4, -0.2) is 68.8 Å². The van der Waals surface area contributed by atoms with E-state index in [2.05, 4.69) is 0 Å². The molecule has 29 heavy (non-hydrogen) atoms. The number of phenolic OH excluding ortho intramolecular Hbond substituents is 1. The SMILES string of the molecule is O=C(O[C@H]1[C@H](O)[C@@H](O)[C@H](Oc2ccc(O)cc2CO)O[C@@H]1CO)c1ccccc1. The molecule has 0 bridgehead atoms. The molecule has 2 aromatic carbocycles. The van der Waals surface area contributed by atoms with Gasteiger partial charge in [0.25, 0.3) is 0 Å². The molecule has 5 N–H and O–H groups in total. The zero-order chi connectivity index (χ0) is 21.0. The molecule has 1 saturated heterocycles. The molecule has 0 amide bonds. The molecule has 3 rings (SSSR count). The maximum Gasteiger partial charge on any atom is 0.338 e. The molecule has 1 heterocycles. The maximum absolute atomic E-state index is 12.3. The van der Waals surface area contributed by atoms with Crippen molar-refractivity contribution in [1.29, 1.82) is 0 Å². The Morgan fingerprint density at radius 1 is 1.03 bits per heavy atom. The molecule has 1 fully saturated rings. The predicted molar refractivity (Wildman–Crippen MR) is 98.1 cm³/mol. The summed E-state index contributed by atoms with van der Waals surface area (Å²) in [5.74, 6) is -0.727. The van der Waals surface area contributed by atoms with Crippen molar-refractivity contribution in [3.63, 3.8) is 0 Å². The van der Waals surface area contributed by atoms with Gasteiger partial charge in [0.05, 0.1) is 18.8 Å². The van der Waals surface area contributed by atoms with Crippen LogP contribution in [0.4, 0.5) is 0 Å². The summed E-state index contributed by atoms with van der Waals surface area (Å²) in [4.78, 5) is 12.3. The first-order valence-corrected chi connectivity index (χ1v) is 8.92. The fourth-order valence-corrected chi connectivity index (χ4v) is 2.99. The Morgan fingerprint density at radius 3 is 2.41 bits per heavy atom. The lowest BCUT2D eigenvalue weighted by Gasteiger charge is -2.41. The van der Waals surface area contributed by atoms with Crippen LogP contribution in [-0.2, 0) is 16.1 Å². The van der Waals surface area contributed by atoms with Gasteiger partial charge >= 0.3 is 5.97 Å². The summed E-state index contributed by atoms with van der Waals surface area (Å²) >= 11 is 0. The molecule has 9 heteroatoms. The van der Waals surface area contributed by atoms with Crippen molar-refractivity contribution >= 4 is 5.97 Å². The number of aliphatic hydroxyl groups is 4. The summed E-state index contributed by atoms with van der Waals surface area (Å²) in [6.45, 7) is -1.06. The number of carbonyl (C=O) groups is 1. The second-order valence-electron chi connectivity index (χ2n) is 6.51. The molecular formula is C20H22O9. The molecule has 0 spiro atoms. The molecule has 0 radical (unpaired) electrons. The molecule has 0 aliphatic carbocycles. The van der Waals surface area contributed by atoms with Crippen LogP contribution in [0.25, 0.3) is 0 Å². The van der Waals surface area contributed by atoms with Gasteiger partial charge in [0, 0.05) is 5.56 Å². The first-order chi connectivity index (χ1) is 13.9. The van der Waals surface area contributed by atoms with Crippen LogP contribution in [0.2, 0.25) is 0 Å². The molecular weight excluding hydrogens is 384 g/mol. The van der Waals surface area contributed by atoms with Gasteiger partial charge in [-0.1, -0.05) is 18.2 Å². The molecule has 2 aromatic rings. The lowest BCUT2D eigenvalue weighted by Crippen LogP contribution is -2.61. The lowest BCUT2D eigenvalue weighted by molar-refractivity contribution is -0.277. The number of phenols is 1. The number of esters is 1. The van der Waals surface area contributed by atoms with E-state index in [1.807, 2.05) is 0 Å². The predicted octanol–water partition coefficient (Wildman–Crippen LogP) is -0.0721. The minimum Gasteiger partial charge on any atom is -0.508 e. The van der Waals surface area contributed by atoms with Gasteiger partial charge in [0.1, 0.15) is 29.8 Å². The quantitative estimate of drug-likeness (QED) is 0.416. The Morgan fingerprint density at radius 2 is 1.76 bits per heavy atom. The second kappa shape index (κ2) is 9.21. The van der Waals surface area contributed by atoms with Crippen molar-refractivity contribution in [1.82, 2.24) is 0 Å². The van der Waals surface area contributed by atoms with Gasteiger partial charge in [0.2, 0.25) is 6.29 Å². The molecule has 1 aliphatic heterocycles. The van der Waals surface area contributed by atoms with Gasteiger partial charge in [0.15, 0.2) is 6.10 Å². The fraction of sp³-hybridized carbons (Fsp3) is 0.350. The summed E-state index contributed by atoms with van der Waals surface area (Å²) in [6.07, 6.45) is -7.14. The highest BCUT2D eigenvalue weighted by Gasteiger charge is 2.47. The summed E-state index contributed by atoms with van der Waals surface area (Å²) in [5.41, 5.74) is 0.467. The van der Waals surface area contributed by atoms with Crippen LogP contribution < -0.4 is 4.74 Å². The van der Waals surface area contributed by atoms with E-state index in [1.165, 1.54) is 30.3 Å². The van der Waals surface area contributed by atoms with Gasteiger partial charge in [-0.25, -0.2) is 4.79 Å². The topological polar surface area (TPSA) is 146 Å². The van der Waals surface area contributed by atoms with Crippen LogP contribution in [0.15, 0.2) is 48.5 Å². The third-order valence-corrected chi connectivity index (χ3v) is 4.53.